The summed E-state index contributed by atoms with van der Waals surface area (Å²) in [7, 11) is 0. The first kappa shape index (κ1) is 12.2. The lowest BCUT2D eigenvalue weighted by Gasteiger charge is -2.08. The summed E-state index contributed by atoms with van der Waals surface area (Å²) in [6.45, 7) is 0.569. The average Bonchev–Trinajstić information content (AvgIpc) is 3.23. The lowest BCUT2D eigenvalue weighted by Crippen LogP contribution is -2.27. The lowest BCUT2D eigenvalue weighted by molar-refractivity contribution is -0.120. The summed E-state index contributed by atoms with van der Waals surface area (Å²) in [5.74, 6) is 2.60. The molecule has 102 valence electrons. The van der Waals surface area contributed by atoms with Crippen LogP contribution in [-0.2, 0) is 4.79 Å². The van der Waals surface area contributed by atoms with Gasteiger partial charge in [-0.2, -0.15) is 0 Å². The Hall–Kier alpha value is -1.85. The Morgan fingerprint density at radius 2 is 2.11 bits per heavy atom. The number of nitrogens with one attached hydrogen (secondary N) is 2. The molecule has 6 heteroatoms. The van der Waals surface area contributed by atoms with Crippen LogP contribution in [0, 0.1) is 0 Å². The molecule has 0 saturated heterocycles. The highest BCUT2D eigenvalue weighted by atomic mass is 16.1. The molecule has 4 N–H and O–H groups in total. The van der Waals surface area contributed by atoms with Gasteiger partial charge in [0.2, 0.25) is 5.91 Å². The van der Waals surface area contributed by atoms with Crippen molar-refractivity contribution in [3.8, 4) is 0 Å². The number of nitrogen functional groups attached to an aromatic ring is 1. The van der Waals surface area contributed by atoms with Gasteiger partial charge in [-0.25, -0.2) is 9.97 Å². The van der Waals surface area contributed by atoms with Crippen LogP contribution >= 0.6 is 0 Å². The smallest absolute Gasteiger partial charge is 0.221 e. The molecule has 6 nitrogen and oxygen atoms in total. The Bertz CT molecular complexity index is 482. The van der Waals surface area contributed by atoms with Gasteiger partial charge in [0.05, 0.1) is 0 Å². The highest BCUT2D eigenvalue weighted by Crippen LogP contribution is 2.38. The van der Waals surface area contributed by atoms with Gasteiger partial charge in [0.25, 0.3) is 0 Å². The van der Waals surface area contributed by atoms with Crippen molar-refractivity contribution in [1.29, 1.82) is 0 Å². The van der Waals surface area contributed by atoms with Gasteiger partial charge >= 0.3 is 0 Å². The maximum atomic E-state index is 11.5. The summed E-state index contributed by atoms with van der Waals surface area (Å²) in [4.78, 5) is 20.2. The predicted molar refractivity (Wildman–Crippen MR) is 72.7 cm³/mol. The summed E-state index contributed by atoms with van der Waals surface area (Å²) in [5, 5.41) is 6.10. The molecule has 1 aromatic heterocycles. The first-order chi connectivity index (χ1) is 9.20. The number of aromatic nitrogens is 2. The van der Waals surface area contributed by atoms with Crippen molar-refractivity contribution in [3.63, 3.8) is 0 Å². The van der Waals surface area contributed by atoms with Gasteiger partial charge in [-0.05, 0) is 25.7 Å². The molecule has 0 bridgehead atoms. The molecule has 0 spiro atoms. The molecule has 2 saturated carbocycles. The van der Waals surface area contributed by atoms with Crippen LogP contribution in [0.2, 0.25) is 0 Å². The third kappa shape index (κ3) is 3.56. The average molecular weight is 261 g/mol. The highest BCUT2D eigenvalue weighted by molar-refractivity contribution is 5.77. The number of carbonyl (C=O) groups excluding carboxylic acids is 1. The molecule has 2 fully saturated rings. The molecule has 3 rings (SSSR count). The second kappa shape index (κ2) is 5.03. The normalized spacial score (nSPS) is 18.1. The molecule has 2 aliphatic carbocycles. The number of hydrogen-bond donors (Lipinski definition) is 3. The Balaban J connectivity index is 1.49. The van der Waals surface area contributed by atoms with Gasteiger partial charge in [0.15, 0.2) is 0 Å². The minimum absolute atomic E-state index is 0.0967. The van der Waals surface area contributed by atoms with E-state index in [1.807, 2.05) is 0 Å². The Morgan fingerprint density at radius 3 is 2.79 bits per heavy atom. The maximum absolute atomic E-state index is 11.5. The molecule has 0 unspecified atom stereocenters. The Morgan fingerprint density at radius 1 is 1.32 bits per heavy atom. The van der Waals surface area contributed by atoms with Crippen molar-refractivity contribution < 1.29 is 4.79 Å². The summed E-state index contributed by atoms with van der Waals surface area (Å²) >= 11 is 0. The van der Waals surface area contributed by atoms with Crippen molar-refractivity contribution >= 4 is 17.5 Å². The van der Waals surface area contributed by atoms with Gasteiger partial charge in [-0.1, -0.05) is 0 Å². The molecule has 19 heavy (non-hydrogen) atoms. The molecule has 1 aromatic rings. The summed E-state index contributed by atoms with van der Waals surface area (Å²) in [6.07, 6.45) is 4.98. The molecule has 0 aromatic carbocycles. The van der Waals surface area contributed by atoms with E-state index in [-0.39, 0.29) is 5.91 Å². The minimum atomic E-state index is 0.0967. The fourth-order valence-corrected chi connectivity index (χ4v) is 1.93. The van der Waals surface area contributed by atoms with E-state index >= 15 is 0 Å². The van der Waals surface area contributed by atoms with Crippen LogP contribution in [0.15, 0.2) is 6.07 Å². The minimum Gasteiger partial charge on any atom is -0.384 e. The van der Waals surface area contributed by atoms with Crippen LogP contribution < -0.4 is 16.4 Å². The van der Waals surface area contributed by atoms with Gasteiger partial charge < -0.3 is 16.4 Å². The number of rotatable bonds is 6. The van der Waals surface area contributed by atoms with Crippen LogP contribution in [-0.4, -0.2) is 28.5 Å². The topological polar surface area (TPSA) is 92.9 Å². The number of amides is 1. The Kier molecular flexibility index (Phi) is 3.23. The first-order valence-corrected chi connectivity index (χ1v) is 6.88. The molecule has 1 heterocycles. The molecule has 0 aliphatic heterocycles. The summed E-state index contributed by atoms with van der Waals surface area (Å²) < 4.78 is 0. The standard InChI is InChI=1S/C13H19N5O/c14-10-7-11(18-13(17-10)8-1-2-8)15-6-5-12(19)16-9-3-4-9/h7-9H,1-6H2,(H,16,19)(H3,14,15,17,18). The molecule has 0 radical (unpaired) electrons. The number of carbonyl (C=O) groups is 1. The fourth-order valence-electron chi connectivity index (χ4n) is 1.93. The van der Waals surface area contributed by atoms with E-state index in [9.17, 15) is 4.79 Å². The first-order valence-electron chi connectivity index (χ1n) is 6.88. The highest BCUT2D eigenvalue weighted by Gasteiger charge is 2.27. The second-order valence-corrected chi connectivity index (χ2v) is 5.33. The maximum Gasteiger partial charge on any atom is 0.221 e. The third-order valence-corrected chi connectivity index (χ3v) is 3.31. The molecular formula is C13H19N5O. The molecule has 0 atom stereocenters. The van der Waals surface area contributed by atoms with E-state index in [1.165, 1.54) is 0 Å². The van der Waals surface area contributed by atoms with Crippen molar-refractivity contribution in [2.45, 2.75) is 44.1 Å². The number of hydrogen-bond acceptors (Lipinski definition) is 5. The van der Waals surface area contributed by atoms with Crippen LogP contribution in [0.3, 0.4) is 0 Å². The third-order valence-electron chi connectivity index (χ3n) is 3.31. The zero-order valence-electron chi connectivity index (χ0n) is 10.9. The monoisotopic (exact) mass is 261 g/mol. The van der Waals surface area contributed by atoms with E-state index in [1.54, 1.807) is 6.07 Å². The number of anilines is 2. The fraction of sp³-hybridized carbons (Fsp3) is 0.615. The number of nitrogens with two attached hydrogens (primary N) is 1. The van der Waals surface area contributed by atoms with E-state index in [0.717, 1.165) is 31.5 Å². The SMILES string of the molecule is Nc1cc(NCCC(=O)NC2CC2)nc(C2CC2)n1. The van der Waals surface area contributed by atoms with Crippen LogP contribution in [0.4, 0.5) is 11.6 Å². The summed E-state index contributed by atoms with van der Waals surface area (Å²) in [6, 6.07) is 2.13. The quantitative estimate of drug-likeness (QED) is 0.711. The van der Waals surface area contributed by atoms with E-state index in [4.69, 9.17) is 5.73 Å². The Labute approximate surface area is 112 Å². The summed E-state index contributed by atoms with van der Waals surface area (Å²) in [5.41, 5.74) is 5.76. The van der Waals surface area contributed by atoms with Crippen molar-refractivity contribution in [3.05, 3.63) is 11.9 Å². The van der Waals surface area contributed by atoms with Gasteiger partial charge in [-0.3, -0.25) is 4.79 Å². The zero-order chi connectivity index (χ0) is 13.2. The van der Waals surface area contributed by atoms with E-state index < -0.39 is 0 Å². The predicted octanol–water partition coefficient (Wildman–Crippen LogP) is 1.02. The molecule has 2 aliphatic rings. The second-order valence-electron chi connectivity index (χ2n) is 5.33. The van der Waals surface area contributed by atoms with E-state index in [0.29, 0.717) is 36.6 Å². The zero-order valence-corrected chi connectivity index (χ0v) is 10.9. The van der Waals surface area contributed by atoms with Crippen LogP contribution in [0.25, 0.3) is 0 Å². The molecular weight excluding hydrogens is 242 g/mol. The van der Waals surface area contributed by atoms with E-state index in [2.05, 4.69) is 20.6 Å². The lowest BCUT2D eigenvalue weighted by atomic mass is 10.3. The van der Waals surface area contributed by atoms with Gasteiger partial charge in [0.1, 0.15) is 17.5 Å². The largest absolute Gasteiger partial charge is 0.384 e. The van der Waals surface area contributed by atoms with Gasteiger partial charge in [-0.15, -0.1) is 0 Å². The van der Waals surface area contributed by atoms with Crippen LogP contribution in [0.1, 0.15) is 43.8 Å². The van der Waals surface area contributed by atoms with Crippen molar-refractivity contribution in [2.75, 3.05) is 17.6 Å². The number of nitrogens with zero attached hydrogens (tertiary/aromatic N) is 2. The van der Waals surface area contributed by atoms with Gasteiger partial charge in [0, 0.05) is 31.0 Å². The van der Waals surface area contributed by atoms with Crippen molar-refractivity contribution in [1.82, 2.24) is 15.3 Å². The van der Waals surface area contributed by atoms with Crippen LogP contribution in [0.5, 0.6) is 0 Å². The molecule has 1 amide bonds. The van der Waals surface area contributed by atoms with Crippen molar-refractivity contribution in [2.24, 2.45) is 0 Å².